The lowest BCUT2D eigenvalue weighted by Gasteiger charge is -2.33. The van der Waals surface area contributed by atoms with Crippen LogP contribution in [-0.4, -0.2) is 36.5 Å². The van der Waals surface area contributed by atoms with E-state index in [9.17, 15) is 4.79 Å². The molecule has 2 aliphatic rings. The summed E-state index contributed by atoms with van der Waals surface area (Å²) in [6.07, 6.45) is 1.96. The average molecular weight is 196 g/mol. The predicted octanol–water partition coefficient (Wildman–Crippen LogP) is 0.853. The van der Waals surface area contributed by atoms with Gasteiger partial charge in [-0.25, -0.2) is 0 Å². The second-order valence-corrected chi connectivity index (χ2v) is 4.96. The minimum absolute atomic E-state index is 0.373. The van der Waals surface area contributed by atoms with Crippen LogP contribution in [0.2, 0.25) is 0 Å². The Balaban J connectivity index is 2.04. The van der Waals surface area contributed by atoms with E-state index in [-0.39, 0.29) is 0 Å². The fourth-order valence-electron chi connectivity index (χ4n) is 2.66. The molecule has 3 heteroatoms. The molecule has 0 aromatic heterocycles. The highest BCUT2D eigenvalue weighted by Crippen LogP contribution is 2.30. The molecule has 2 rings (SSSR count). The van der Waals surface area contributed by atoms with Gasteiger partial charge in [0.05, 0.1) is 0 Å². The predicted molar refractivity (Wildman–Crippen MR) is 55.9 cm³/mol. The molecule has 1 amide bonds. The molecule has 2 aliphatic heterocycles. The molecule has 0 radical (unpaired) electrons. The van der Waals surface area contributed by atoms with Gasteiger partial charge in [-0.3, -0.25) is 4.79 Å². The highest BCUT2D eigenvalue weighted by molar-refractivity contribution is 5.79. The van der Waals surface area contributed by atoms with Crippen LogP contribution in [0.3, 0.4) is 0 Å². The Bertz CT molecular complexity index is 227. The summed E-state index contributed by atoms with van der Waals surface area (Å²) in [5.74, 6) is 1.58. The Morgan fingerprint density at radius 1 is 1.57 bits per heavy atom. The van der Waals surface area contributed by atoms with E-state index < -0.39 is 0 Å². The summed E-state index contributed by atoms with van der Waals surface area (Å²) in [5.41, 5.74) is 0. The lowest BCUT2D eigenvalue weighted by atomic mass is 9.93. The number of likely N-dealkylation sites (tertiary alicyclic amines) is 1. The number of fused-ring (bicyclic) bond motifs is 1. The maximum atomic E-state index is 11.8. The normalized spacial score (nSPS) is 32.5. The summed E-state index contributed by atoms with van der Waals surface area (Å²) in [6.45, 7) is 7.38. The highest BCUT2D eigenvalue weighted by atomic mass is 16.2. The number of carbonyl (C=O) groups excluding carboxylic acids is 1. The van der Waals surface area contributed by atoms with Crippen molar-refractivity contribution in [2.75, 3.05) is 19.6 Å². The van der Waals surface area contributed by atoms with Crippen molar-refractivity contribution < 1.29 is 4.79 Å². The molecule has 80 valence electrons. The van der Waals surface area contributed by atoms with Crippen molar-refractivity contribution in [3.8, 4) is 0 Å². The van der Waals surface area contributed by atoms with Crippen LogP contribution < -0.4 is 5.32 Å². The second kappa shape index (κ2) is 3.89. The molecule has 14 heavy (non-hydrogen) atoms. The number of nitrogens with zero attached hydrogens (tertiary/aromatic N) is 1. The largest absolute Gasteiger partial charge is 0.338 e. The van der Waals surface area contributed by atoms with E-state index in [4.69, 9.17) is 0 Å². The first-order valence-electron chi connectivity index (χ1n) is 5.68. The SMILES string of the molecule is CC(C)CN1C(=O)CC2CCNCC21. The molecule has 2 heterocycles. The Kier molecular flexibility index (Phi) is 2.77. The number of carbonyl (C=O) groups is 1. The third-order valence-electron chi connectivity index (χ3n) is 3.31. The van der Waals surface area contributed by atoms with Crippen molar-refractivity contribution >= 4 is 5.91 Å². The summed E-state index contributed by atoms with van der Waals surface area (Å²) in [4.78, 5) is 13.9. The van der Waals surface area contributed by atoms with Crippen LogP contribution in [0.15, 0.2) is 0 Å². The van der Waals surface area contributed by atoms with Crippen LogP contribution >= 0.6 is 0 Å². The highest BCUT2D eigenvalue weighted by Gasteiger charge is 2.40. The minimum Gasteiger partial charge on any atom is -0.338 e. The molecule has 1 N–H and O–H groups in total. The van der Waals surface area contributed by atoms with Crippen LogP contribution in [0.5, 0.6) is 0 Å². The maximum Gasteiger partial charge on any atom is 0.223 e. The van der Waals surface area contributed by atoms with Crippen molar-refractivity contribution in [3.63, 3.8) is 0 Å². The van der Waals surface area contributed by atoms with Gasteiger partial charge in [0, 0.05) is 25.6 Å². The summed E-state index contributed by atoms with van der Waals surface area (Å²) in [7, 11) is 0. The molecule has 2 fully saturated rings. The Labute approximate surface area is 85.8 Å². The van der Waals surface area contributed by atoms with Crippen LogP contribution in [0.1, 0.15) is 26.7 Å². The van der Waals surface area contributed by atoms with E-state index in [2.05, 4.69) is 24.1 Å². The fraction of sp³-hybridized carbons (Fsp3) is 0.909. The van der Waals surface area contributed by atoms with E-state index in [1.54, 1.807) is 0 Å². The van der Waals surface area contributed by atoms with Gasteiger partial charge >= 0.3 is 0 Å². The van der Waals surface area contributed by atoms with Gasteiger partial charge in [-0.2, -0.15) is 0 Å². The first-order valence-corrected chi connectivity index (χ1v) is 5.68. The molecule has 2 atom stereocenters. The molecule has 0 spiro atoms. The standard InChI is InChI=1S/C11H20N2O/c1-8(2)7-13-10-6-12-4-3-9(10)5-11(13)14/h8-10,12H,3-7H2,1-2H3. The van der Waals surface area contributed by atoms with Crippen molar-refractivity contribution in [1.82, 2.24) is 10.2 Å². The number of amides is 1. The van der Waals surface area contributed by atoms with Gasteiger partial charge in [0.1, 0.15) is 0 Å². The number of rotatable bonds is 2. The monoisotopic (exact) mass is 196 g/mol. The minimum atomic E-state index is 0.373. The topological polar surface area (TPSA) is 32.3 Å². The van der Waals surface area contributed by atoms with Crippen LogP contribution in [0, 0.1) is 11.8 Å². The van der Waals surface area contributed by atoms with Gasteiger partial charge in [-0.15, -0.1) is 0 Å². The number of hydrogen-bond donors (Lipinski definition) is 1. The van der Waals surface area contributed by atoms with Crippen LogP contribution in [0.25, 0.3) is 0 Å². The van der Waals surface area contributed by atoms with E-state index >= 15 is 0 Å². The molecule has 3 nitrogen and oxygen atoms in total. The molecular formula is C11H20N2O. The van der Waals surface area contributed by atoms with Crippen molar-refractivity contribution in [2.24, 2.45) is 11.8 Å². The maximum absolute atomic E-state index is 11.8. The fourth-order valence-corrected chi connectivity index (χ4v) is 2.66. The van der Waals surface area contributed by atoms with E-state index in [0.29, 0.717) is 23.8 Å². The third kappa shape index (κ3) is 1.78. The summed E-state index contributed by atoms with van der Waals surface area (Å²) < 4.78 is 0. The van der Waals surface area contributed by atoms with Gasteiger partial charge in [0.15, 0.2) is 0 Å². The van der Waals surface area contributed by atoms with Crippen molar-refractivity contribution in [2.45, 2.75) is 32.7 Å². The van der Waals surface area contributed by atoms with Crippen molar-refractivity contribution in [1.29, 1.82) is 0 Å². The van der Waals surface area contributed by atoms with Gasteiger partial charge in [-0.1, -0.05) is 13.8 Å². The number of hydrogen-bond acceptors (Lipinski definition) is 2. The summed E-state index contributed by atoms with van der Waals surface area (Å²) in [6, 6.07) is 0.485. The van der Waals surface area contributed by atoms with Crippen molar-refractivity contribution in [3.05, 3.63) is 0 Å². The van der Waals surface area contributed by atoms with E-state index in [1.807, 2.05) is 0 Å². The average Bonchev–Trinajstić information content (AvgIpc) is 2.43. The Morgan fingerprint density at radius 3 is 3.07 bits per heavy atom. The quantitative estimate of drug-likeness (QED) is 0.710. The van der Waals surface area contributed by atoms with Crippen LogP contribution in [-0.2, 0) is 4.79 Å². The molecule has 0 aliphatic carbocycles. The summed E-state index contributed by atoms with van der Waals surface area (Å²) in [5, 5.41) is 3.39. The molecule has 2 unspecified atom stereocenters. The first kappa shape index (κ1) is 9.97. The lowest BCUT2D eigenvalue weighted by Crippen LogP contribution is -2.47. The number of nitrogens with one attached hydrogen (secondary N) is 1. The number of piperidine rings is 1. The Morgan fingerprint density at radius 2 is 2.36 bits per heavy atom. The van der Waals surface area contributed by atoms with Gasteiger partial charge in [0.25, 0.3) is 0 Å². The van der Waals surface area contributed by atoms with Crippen LogP contribution in [0.4, 0.5) is 0 Å². The summed E-state index contributed by atoms with van der Waals surface area (Å²) >= 11 is 0. The van der Waals surface area contributed by atoms with E-state index in [1.165, 1.54) is 6.42 Å². The van der Waals surface area contributed by atoms with E-state index in [0.717, 1.165) is 26.1 Å². The smallest absolute Gasteiger partial charge is 0.223 e. The zero-order chi connectivity index (χ0) is 10.1. The zero-order valence-corrected chi connectivity index (χ0v) is 9.12. The lowest BCUT2D eigenvalue weighted by molar-refractivity contribution is -0.129. The third-order valence-corrected chi connectivity index (χ3v) is 3.31. The molecule has 2 saturated heterocycles. The zero-order valence-electron chi connectivity index (χ0n) is 9.12. The Hall–Kier alpha value is -0.570. The second-order valence-electron chi connectivity index (χ2n) is 4.96. The molecular weight excluding hydrogens is 176 g/mol. The molecule has 0 aromatic rings. The molecule has 0 bridgehead atoms. The molecule has 0 saturated carbocycles. The van der Waals surface area contributed by atoms with Gasteiger partial charge in [0.2, 0.25) is 5.91 Å². The van der Waals surface area contributed by atoms with Gasteiger partial charge < -0.3 is 10.2 Å². The first-order chi connectivity index (χ1) is 6.68. The van der Waals surface area contributed by atoms with Gasteiger partial charge in [-0.05, 0) is 24.8 Å². The molecule has 0 aromatic carbocycles.